The van der Waals surface area contributed by atoms with Crippen molar-refractivity contribution >= 4 is 9.28 Å². The molecule has 25 heavy (non-hydrogen) atoms. The Labute approximate surface area is 149 Å². The maximum absolute atomic E-state index is 13.6. The molecule has 0 fully saturated rings. The highest BCUT2D eigenvalue weighted by atomic mass is 28.3. The molecule has 0 bridgehead atoms. The molecule has 0 aromatic heterocycles. The van der Waals surface area contributed by atoms with E-state index in [1.165, 1.54) is 0 Å². The molecule has 2 nitrogen and oxygen atoms in total. The van der Waals surface area contributed by atoms with Crippen LogP contribution in [0.1, 0.15) is 57.9 Å². The van der Waals surface area contributed by atoms with Crippen molar-refractivity contribution in [2.75, 3.05) is 13.2 Å². The molecule has 0 aliphatic carbocycles. The molecule has 7 heteroatoms. The Kier molecular flexibility index (Phi) is 11.0. The van der Waals surface area contributed by atoms with Crippen LogP contribution in [0.3, 0.4) is 0 Å². The van der Waals surface area contributed by atoms with E-state index in [2.05, 4.69) is 13.8 Å². The maximum Gasteiger partial charge on any atom is 0.321 e. The highest BCUT2D eigenvalue weighted by molar-refractivity contribution is 6.44. The first-order chi connectivity index (χ1) is 12.0. The number of aryl methyl sites for hydroxylation is 1. The molecule has 0 saturated carbocycles. The van der Waals surface area contributed by atoms with Gasteiger partial charge in [-0.1, -0.05) is 33.1 Å². The van der Waals surface area contributed by atoms with E-state index < -0.39 is 32.6 Å². The largest absolute Gasteiger partial charge is 0.397 e. The fourth-order valence-corrected chi connectivity index (χ4v) is 4.55. The number of halogens is 4. The normalized spacial score (nSPS) is 11.5. The first kappa shape index (κ1) is 22.1. The minimum Gasteiger partial charge on any atom is -0.397 e. The molecule has 1 aromatic rings. The minimum atomic E-state index is -1.75. The van der Waals surface area contributed by atoms with Crippen LogP contribution in [0, 0.1) is 23.3 Å². The fourth-order valence-electron chi connectivity index (χ4n) is 2.50. The molecular weight excluding hydrogens is 352 g/mol. The van der Waals surface area contributed by atoms with Gasteiger partial charge in [0.05, 0.1) is 0 Å². The summed E-state index contributed by atoms with van der Waals surface area (Å²) in [6.45, 7) is 5.57. The van der Waals surface area contributed by atoms with Gasteiger partial charge in [0.1, 0.15) is 0 Å². The van der Waals surface area contributed by atoms with Gasteiger partial charge >= 0.3 is 9.28 Å². The van der Waals surface area contributed by atoms with Crippen molar-refractivity contribution in [3.8, 4) is 0 Å². The van der Waals surface area contributed by atoms with E-state index >= 15 is 0 Å². The van der Waals surface area contributed by atoms with Crippen LogP contribution in [0.25, 0.3) is 0 Å². The summed E-state index contributed by atoms with van der Waals surface area (Å²) in [5, 5.41) is 0. The zero-order valence-corrected chi connectivity index (χ0v) is 16.2. The van der Waals surface area contributed by atoms with E-state index in [0.717, 1.165) is 57.4 Å². The van der Waals surface area contributed by atoms with E-state index in [-0.39, 0.29) is 12.0 Å². The number of unbranched alkanes of at least 4 members (excludes halogenated alkanes) is 3. The standard InChI is InChI=1S/C18H28F4O2Si/c1-3-10-23-25(24-11-4-2)12-8-6-5-7-9-14-13-15(19)17(21)18(22)16(14)20/h13,25H,3-12H2,1-2H3. The van der Waals surface area contributed by atoms with Crippen LogP contribution in [0.5, 0.6) is 0 Å². The summed E-state index contributed by atoms with van der Waals surface area (Å²) in [5.74, 6) is -6.11. The second kappa shape index (κ2) is 12.4. The van der Waals surface area contributed by atoms with Crippen LogP contribution in [0.15, 0.2) is 6.07 Å². The van der Waals surface area contributed by atoms with Crippen molar-refractivity contribution in [2.45, 2.75) is 64.8 Å². The Morgan fingerprint density at radius 2 is 1.40 bits per heavy atom. The molecular formula is C18H28F4O2Si. The molecule has 144 valence electrons. The van der Waals surface area contributed by atoms with Gasteiger partial charge < -0.3 is 8.85 Å². The van der Waals surface area contributed by atoms with Crippen LogP contribution in [0.2, 0.25) is 6.04 Å². The van der Waals surface area contributed by atoms with E-state index in [9.17, 15) is 17.6 Å². The summed E-state index contributed by atoms with van der Waals surface area (Å²) in [5.41, 5.74) is -0.110. The number of benzene rings is 1. The number of hydrogen-bond acceptors (Lipinski definition) is 2. The summed E-state index contributed by atoms with van der Waals surface area (Å²) in [6, 6.07) is 1.67. The van der Waals surface area contributed by atoms with Crippen molar-refractivity contribution in [1.82, 2.24) is 0 Å². The Hall–Kier alpha value is -0.923. The first-order valence-electron chi connectivity index (χ1n) is 9.06. The molecule has 0 radical (unpaired) electrons. The van der Waals surface area contributed by atoms with Crippen LogP contribution < -0.4 is 0 Å². The van der Waals surface area contributed by atoms with Crippen LogP contribution in [0.4, 0.5) is 17.6 Å². The second-order valence-electron chi connectivity index (χ2n) is 6.08. The summed E-state index contributed by atoms with van der Waals surface area (Å²) >= 11 is 0. The van der Waals surface area contributed by atoms with Crippen molar-refractivity contribution < 1.29 is 26.4 Å². The summed E-state index contributed by atoms with van der Waals surface area (Å²) in [7, 11) is -1.61. The zero-order valence-electron chi connectivity index (χ0n) is 15.1. The predicted octanol–water partition coefficient (Wildman–Crippen LogP) is 5.42. The third kappa shape index (κ3) is 7.88. The molecule has 0 atom stereocenters. The minimum absolute atomic E-state index is 0.110. The first-order valence-corrected chi connectivity index (χ1v) is 10.8. The van der Waals surface area contributed by atoms with Crippen molar-refractivity contribution in [2.24, 2.45) is 0 Å². The zero-order chi connectivity index (χ0) is 18.7. The Balaban J connectivity index is 2.29. The predicted molar refractivity (Wildman–Crippen MR) is 92.9 cm³/mol. The maximum atomic E-state index is 13.6. The average Bonchev–Trinajstić information content (AvgIpc) is 2.61. The van der Waals surface area contributed by atoms with Crippen LogP contribution >= 0.6 is 0 Å². The monoisotopic (exact) mass is 380 g/mol. The third-order valence-corrected chi connectivity index (χ3v) is 5.92. The Morgan fingerprint density at radius 3 is 2.00 bits per heavy atom. The molecule has 0 saturated heterocycles. The Morgan fingerprint density at radius 1 is 0.800 bits per heavy atom. The van der Waals surface area contributed by atoms with Gasteiger partial charge in [0.2, 0.25) is 0 Å². The third-order valence-electron chi connectivity index (χ3n) is 3.83. The van der Waals surface area contributed by atoms with Crippen molar-refractivity contribution in [1.29, 1.82) is 0 Å². The van der Waals surface area contributed by atoms with Crippen molar-refractivity contribution in [3.63, 3.8) is 0 Å². The SMILES string of the molecule is CCCO[SiH](CCCCCCc1cc(F)c(F)c(F)c1F)OCCC. The van der Waals surface area contributed by atoms with Gasteiger partial charge in [-0.3, -0.25) is 0 Å². The molecule has 0 unspecified atom stereocenters. The lowest BCUT2D eigenvalue weighted by atomic mass is 10.1. The Bertz CT molecular complexity index is 506. The second-order valence-corrected chi connectivity index (χ2v) is 8.19. The smallest absolute Gasteiger partial charge is 0.321 e. The molecule has 1 aromatic carbocycles. The van der Waals surface area contributed by atoms with Gasteiger partial charge in [0.15, 0.2) is 23.3 Å². The molecule has 0 amide bonds. The number of rotatable bonds is 13. The lowest BCUT2D eigenvalue weighted by Crippen LogP contribution is -2.23. The average molecular weight is 380 g/mol. The highest BCUT2D eigenvalue weighted by Gasteiger charge is 2.18. The van der Waals surface area contributed by atoms with Gasteiger partial charge in [0.25, 0.3) is 0 Å². The van der Waals surface area contributed by atoms with Crippen LogP contribution in [-0.2, 0) is 15.3 Å². The lowest BCUT2D eigenvalue weighted by Gasteiger charge is -2.16. The highest BCUT2D eigenvalue weighted by Crippen LogP contribution is 2.21. The van der Waals surface area contributed by atoms with Gasteiger partial charge in [-0.25, -0.2) is 17.6 Å². The van der Waals surface area contributed by atoms with E-state index in [1.807, 2.05) is 0 Å². The molecule has 0 aliphatic rings. The van der Waals surface area contributed by atoms with Gasteiger partial charge in [-0.15, -0.1) is 0 Å². The lowest BCUT2D eigenvalue weighted by molar-refractivity contribution is 0.195. The molecule has 1 rings (SSSR count). The van der Waals surface area contributed by atoms with Gasteiger partial charge in [0, 0.05) is 13.2 Å². The van der Waals surface area contributed by atoms with E-state index in [0.29, 0.717) is 6.42 Å². The van der Waals surface area contributed by atoms with Gasteiger partial charge in [-0.2, -0.15) is 0 Å². The topological polar surface area (TPSA) is 18.5 Å². The van der Waals surface area contributed by atoms with E-state index in [1.54, 1.807) is 0 Å². The quantitative estimate of drug-likeness (QED) is 0.150. The summed E-state index contributed by atoms with van der Waals surface area (Å²) < 4.78 is 64.3. The summed E-state index contributed by atoms with van der Waals surface area (Å²) in [6.07, 6.45) is 5.41. The molecule has 0 N–H and O–H groups in total. The number of hydrogen-bond donors (Lipinski definition) is 0. The fraction of sp³-hybridized carbons (Fsp3) is 0.667. The van der Waals surface area contributed by atoms with E-state index in [4.69, 9.17) is 8.85 Å². The molecule has 0 heterocycles. The molecule has 0 spiro atoms. The summed E-state index contributed by atoms with van der Waals surface area (Å²) in [4.78, 5) is 0. The molecule has 0 aliphatic heterocycles. The van der Waals surface area contributed by atoms with Crippen LogP contribution in [-0.4, -0.2) is 22.5 Å². The van der Waals surface area contributed by atoms with Crippen molar-refractivity contribution in [3.05, 3.63) is 34.9 Å². The van der Waals surface area contributed by atoms with Gasteiger partial charge in [-0.05, 0) is 43.4 Å².